The van der Waals surface area contributed by atoms with Crippen LogP contribution < -0.4 is 5.32 Å². The van der Waals surface area contributed by atoms with E-state index in [1.54, 1.807) is 0 Å². The summed E-state index contributed by atoms with van der Waals surface area (Å²) in [6.07, 6.45) is 1.41. The number of carbonyl (C=O) groups is 1. The average Bonchev–Trinajstić information content (AvgIpc) is 2.42. The van der Waals surface area contributed by atoms with Crippen LogP contribution >= 0.6 is 0 Å². The highest BCUT2D eigenvalue weighted by molar-refractivity contribution is 6.71. The van der Waals surface area contributed by atoms with Gasteiger partial charge in [0.25, 0.3) is 0 Å². The highest BCUT2D eigenvalue weighted by atomic mass is 28.4. The van der Waals surface area contributed by atoms with Gasteiger partial charge in [-0.25, -0.2) is 4.79 Å². The van der Waals surface area contributed by atoms with Crippen LogP contribution in [0.2, 0.25) is 25.7 Å². The van der Waals surface area contributed by atoms with Crippen molar-refractivity contribution in [1.29, 1.82) is 0 Å². The molecule has 0 bridgehead atoms. The van der Waals surface area contributed by atoms with Crippen LogP contribution in [0.1, 0.15) is 40.5 Å². The summed E-state index contributed by atoms with van der Waals surface area (Å²) in [7, 11) is -4.53. The molecular formula is C15H35NO5Si2. The Morgan fingerprint density at radius 1 is 1.09 bits per heavy atom. The fourth-order valence-corrected chi connectivity index (χ4v) is 5.48. The zero-order chi connectivity index (χ0) is 17.9. The van der Waals surface area contributed by atoms with Gasteiger partial charge in [0.2, 0.25) is 8.32 Å². The Labute approximate surface area is 143 Å². The molecule has 1 amide bonds. The lowest BCUT2D eigenvalue weighted by molar-refractivity contribution is 0.0368. The fourth-order valence-electron chi connectivity index (χ4n) is 1.95. The van der Waals surface area contributed by atoms with E-state index in [1.807, 2.05) is 40.4 Å². The second-order valence-electron chi connectivity index (χ2n) is 6.42. The number of carbonyl (C=O) groups excluding carboxylic acids is 1. The topological polar surface area (TPSA) is 66.0 Å². The molecule has 0 aliphatic rings. The minimum atomic E-state index is -2.68. The van der Waals surface area contributed by atoms with Crippen LogP contribution in [0.15, 0.2) is 0 Å². The first-order chi connectivity index (χ1) is 10.7. The molecule has 0 saturated heterocycles. The zero-order valence-corrected chi connectivity index (χ0v) is 17.9. The third-order valence-electron chi connectivity index (χ3n) is 3.01. The number of nitrogens with one attached hydrogen (secondary N) is 1. The molecule has 0 saturated carbocycles. The quantitative estimate of drug-likeness (QED) is 0.421. The number of hydrogen-bond donors (Lipinski definition) is 1. The van der Waals surface area contributed by atoms with Crippen molar-refractivity contribution in [2.24, 2.45) is 0 Å². The molecule has 1 unspecified atom stereocenters. The highest BCUT2D eigenvalue weighted by Gasteiger charge is 2.41. The van der Waals surface area contributed by atoms with Crippen LogP contribution in [0.4, 0.5) is 4.79 Å². The molecule has 1 N–H and O–H groups in total. The predicted molar refractivity (Wildman–Crippen MR) is 97.1 cm³/mol. The minimum absolute atomic E-state index is 0.101. The standard InChI is InChI=1S/C15H35NO5Si2/c1-8-14(4)20-23(18-9-2,19-10-3)13-11-12-16-15(17)21-22(5,6)7/h14H,8-13H2,1-7H3,(H,16,17). The lowest BCUT2D eigenvalue weighted by atomic mass is 10.3. The number of hydrogen-bond acceptors (Lipinski definition) is 5. The first-order valence-electron chi connectivity index (χ1n) is 8.60. The van der Waals surface area contributed by atoms with E-state index in [1.165, 1.54) is 0 Å². The van der Waals surface area contributed by atoms with Crippen molar-refractivity contribution < 1.29 is 22.5 Å². The van der Waals surface area contributed by atoms with Crippen LogP contribution in [0.5, 0.6) is 0 Å². The summed E-state index contributed by atoms with van der Waals surface area (Å²) < 4.78 is 23.2. The van der Waals surface area contributed by atoms with Crippen LogP contribution in [0.3, 0.4) is 0 Å². The largest absolute Gasteiger partial charge is 0.504 e. The van der Waals surface area contributed by atoms with Crippen molar-refractivity contribution >= 4 is 23.2 Å². The van der Waals surface area contributed by atoms with Gasteiger partial charge in [-0.15, -0.1) is 0 Å². The molecule has 0 aromatic carbocycles. The fraction of sp³-hybridized carbons (Fsp3) is 0.933. The highest BCUT2D eigenvalue weighted by Crippen LogP contribution is 2.21. The Balaban J connectivity index is 4.45. The van der Waals surface area contributed by atoms with Crippen molar-refractivity contribution in [3.63, 3.8) is 0 Å². The van der Waals surface area contributed by atoms with Gasteiger partial charge in [0, 0.05) is 31.9 Å². The smallest absolute Gasteiger partial charge is 0.501 e. The minimum Gasteiger partial charge on any atom is -0.504 e. The summed E-state index contributed by atoms with van der Waals surface area (Å²) >= 11 is 0. The molecule has 0 aromatic rings. The lowest BCUT2D eigenvalue weighted by Gasteiger charge is -2.31. The Bertz CT molecular complexity index is 330. The number of amides is 1. The van der Waals surface area contributed by atoms with Crippen molar-refractivity contribution in [3.8, 4) is 0 Å². The molecule has 1 atom stereocenters. The Morgan fingerprint density at radius 2 is 1.65 bits per heavy atom. The van der Waals surface area contributed by atoms with Gasteiger partial charge >= 0.3 is 14.9 Å². The van der Waals surface area contributed by atoms with E-state index in [2.05, 4.69) is 12.2 Å². The van der Waals surface area contributed by atoms with Crippen molar-refractivity contribution in [2.75, 3.05) is 19.8 Å². The summed E-state index contributed by atoms with van der Waals surface area (Å²) in [5.74, 6) is 0. The summed E-state index contributed by atoms with van der Waals surface area (Å²) in [6.45, 7) is 15.6. The van der Waals surface area contributed by atoms with Crippen LogP contribution in [-0.4, -0.2) is 49.1 Å². The van der Waals surface area contributed by atoms with Crippen molar-refractivity contribution in [3.05, 3.63) is 0 Å². The molecule has 8 heteroatoms. The molecule has 23 heavy (non-hydrogen) atoms. The maximum absolute atomic E-state index is 11.7. The second-order valence-corrected chi connectivity index (χ2v) is 13.5. The van der Waals surface area contributed by atoms with Gasteiger partial charge in [-0.1, -0.05) is 6.92 Å². The van der Waals surface area contributed by atoms with Gasteiger partial charge in [0.05, 0.1) is 0 Å². The third kappa shape index (κ3) is 10.9. The first kappa shape index (κ1) is 22.6. The lowest BCUT2D eigenvalue weighted by Crippen LogP contribution is -2.48. The zero-order valence-electron chi connectivity index (χ0n) is 15.9. The molecule has 6 nitrogen and oxygen atoms in total. The molecule has 0 aliphatic heterocycles. The van der Waals surface area contributed by atoms with Gasteiger partial charge in [-0.05, 0) is 53.3 Å². The monoisotopic (exact) mass is 365 g/mol. The SMILES string of the molecule is CCO[Si](CCCNC(=O)O[Si](C)(C)C)(OCC)OC(C)CC. The number of rotatable bonds is 12. The maximum atomic E-state index is 11.7. The molecular weight excluding hydrogens is 330 g/mol. The molecule has 0 radical (unpaired) electrons. The van der Waals surface area contributed by atoms with Crippen LogP contribution in [0.25, 0.3) is 0 Å². The van der Waals surface area contributed by atoms with Gasteiger partial charge < -0.3 is 23.0 Å². The summed E-state index contributed by atoms with van der Waals surface area (Å²) in [6, 6.07) is 0.687. The van der Waals surface area contributed by atoms with Gasteiger partial charge in [0.1, 0.15) is 0 Å². The Morgan fingerprint density at radius 3 is 2.09 bits per heavy atom. The first-order valence-corrected chi connectivity index (χ1v) is 13.9. The average molecular weight is 366 g/mol. The van der Waals surface area contributed by atoms with Crippen molar-refractivity contribution in [2.45, 2.75) is 72.3 Å². The molecule has 0 aliphatic carbocycles. The van der Waals surface area contributed by atoms with Crippen LogP contribution in [0, 0.1) is 0 Å². The van der Waals surface area contributed by atoms with Gasteiger partial charge in [0.15, 0.2) is 0 Å². The van der Waals surface area contributed by atoms with Gasteiger partial charge in [-0.3, -0.25) is 0 Å². The summed E-state index contributed by atoms with van der Waals surface area (Å²) in [4.78, 5) is 11.7. The van der Waals surface area contributed by atoms with E-state index in [-0.39, 0.29) is 12.2 Å². The molecule has 0 aromatic heterocycles. The Hall–Kier alpha value is -0.416. The predicted octanol–water partition coefficient (Wildman–Crippen LogP) is 3.76. The third-order valence-corrected chi connectivity index (χ3v) is 6.99. The Kier molecular flexibility index (Phi) is 11.0. The molecule has 0 fully saturated rings. The molecule has 138 valence electrons. The van der Waals surface area contributed by atoms with E-state index in [4.69, 9.17) is 17.7 Å². The van der Waals surface area contributed by atoms with Crippen molar-refractivity contribution in [1.82, 2.24) is 5.32 Å². The van der Waals surface area contributed by atoms with E-state index in [9.17, 15) is 4.79 Å². The molecule has 0 rings (SSSR count). The summed E-state index contributed by atoms with van der Waals surface area (Å²) in [5.41, 5.74) is 0. The molecule has 0 heterocycles. The van der Waals surface area contributed by atoms with E-state index >= 15 is 0 Å². The molecule has 0 spiro atoms. The van der Waals surface area contributed by atoms with E-state index < -0.39 is 17.1 Å². The second kappa shape index (κ2) is 11.2. The van der Waals surface area contributed by atoms with Crippen LogP contribution in [-0.2, 0) is 17.7 Å². The van der Waals surface area contributed by atoms with E-state index in [0.717, 1.165) is 12.8 Å². The van der Waals surface area contributed by atoms with E-state index in [0.29, 0.717) is 25.8 Å². The maximum Gasteiger partial charge on any atom is 0.501 e. The summed E-state index contributed by atoms with van der Waals surface area (Å²) in [5, 5.41) is 2.79. The normalized spacial score (nSPS) is 13.7. The van der Waals surface area contributed by atoms with Gasteiger partial charge in [-0.2, -0.15) is 0 Å².